The number of nitrogens with one attached hydrogen (secondary N) is 1. The number of alkyl halides is 1. The van der Waals surface area contributed by atoms with Crippen molar-refractivity contribution in [3.63, 3.8) is 0 Å². The molecule has 0 aliphatic carbocycles. The molecule has 0 aliphatic rings. The van der Waals surface area contributed by atoms with Gasteiger partial charge in [-0.1, -0.05) is 0 Å². The highest BCUT2D eigenvalue weighted by Gasteiger charge is 2.11. The molecule has 0 spiro atoms. The van der Waals surface area contributed by atoms with E-state index in [0.717, 1.165) is 18.2 Å². The van der Waals surface area contributed by atoms with Gasteiger partial charge in [0.1, 0.15) is 5.88 Å². The van der Waals surface area contributed by atoms with Crippen LogP contribution in [-0.2, 0) is 4.79 Å². The Morgan fingerprint density at radius 3 is 2.73 bits per heavy atom. The van der Waals surface area contributed by atoms with Crippen LogP contribution in [0.25, 0.3) is 0 Å². The first kappa shape index (κ1) is 11.4. The molecule has 1 N–H and O–H groups in total. The first-order valence-corrected chi connectivity index (χ1v) is 4.38. The highest BCUT2D eigenvalue weighted by molar-refractivity contribution is 6.29. The van der Waals surface area contributed by atoms with Gasteiger partial charge in [-0.15, -0.1) is 11.6 Å². The molecule has 0 aromatic heterocycles. The number of non-ortho nitro benzene ring substituents is 1. The molecule has 0 heterocycles. The molecular formula is C8H6ClFN2O3. The van der Waals surface area contributed by atoms with Gasteiger partial charge in [-0.3, -0.25) is 14.9 Å². The first-order chi connectivity index (χ1) is 7.04. The second-order valence-corrected chi connectivity index (χ2v) is 2.87. The lowest BCUT2D eigenvalue weighted by molar-refractivity contribution is -0.385. The van der Waals surface area contributed by atoms with E-state index >= 15 is 0 Å². The predicted molar refractivity (Wildman–Crippen MR) is 52.4 cm³/mol. The van der Waals surface area contributed by atoms with Crippen molar-refractivity contribution in [2.75, 3.05) is 11.2 Å². The third kappa shape index (κ3) is 2.88. The quantitative estimate of drug-likeness (QED) is 0.492. The molecule has 1 rings (SSSR count). The van der Waals surface area contributed by atoms with Crippen LogP contribution in [0.5, 0.6) is 0 Å². The summed E-state index contributed by atoms with van der Waals surface area (Å²) in [7, 11) is 0. The van der Waals surface area contributed by atoms with E-state index in [2.05, 4.69) is 5.32 Å². The normalized spacial score (nSPS) is 9.73. The minimum atomic E-state index is -0.873. The lowest BCUT2D eigenvalue weighted by Gasteiger charge is -2.03. The maximum atomic E-state index is 13.1. The molecule has 80 valence electrons. The van der Waals surface area contributed by atoms with Crippen LogP contribution in [-0.4, -0.2) is 16.7 Å². The topological polar surface area (TPSA) is 72.2 Å². The number of halogens is 2. The number of amides is 1. The molecule has 0 saturated carbocycles. The number of carbonyl (C=O) groups excluding carboxylic acids is 1. The van der Waals surface area contributed by atoms with E-state index in [1.165, 1.54) is 0 Å². The van der Waals surface area contributed by atoms with Crippen LogP contribution in [0.2, 0.25) is 0 Å². The Labute approximate surface area is 89.0 Å². The summed E-state index contributed by atoms with van der Waals surface area (Å²) < 4.78 is 13.1. The van der Waals surface area contributed by atoms with Crippen molar-refractivity contribution in [2.24, 2.45) is 0 Å². The number of hydrogen-bond acceptors (Lipinski definition) is 3. The highest BCUT2D eigenvalue weighted by Crippen LogP contribution is 2.20. The number of nitro groups is 1. The Balaban J connectivity index is 2.93. The van der Waals surface area contributed by atoms with Crippen molar-refractivity contribution in [1.82, 2.24) is 0 Å². The predicted octanol–water partition coefficient (Wildman–Crippen LogP) is 1.91. The Bertz CT molecular complexity index is 411. The number of nitro benzene ring substituents is 1. The van der Waals surface area contributed by atoms with Crippen molar-refractivity contribution in [1.29, 1.82) is 0 Å². The lowest BCUT2D eigenvalue weighted by Crippen LogP contribution is -2.13. The molecule has 0 aliphatic heterocycles. The van der Waals surface area contributed by atoms with Gasteiger partial charge in [0.15, 0.2) is 5.82 Å². The molecule has 0 atom stereocenters. The Morgan fingerprint density at radius 2 is 2.27 bits per heavy atom. The van der Waals surface area contributed by atoms with Gasteiger partial charge in [0.2, 0.25) is 5.91 Å². The molecular weight excluding hydrogens is 227 g/mol. The Morgan fingerprint density at radius 1 is 1.60 bits per heavy atom. The maximum absolute atomic E-state index is 13.1. The zero-order valence-electron chi connectivity index (χ0n) is 7.37. The summed E-state index contributed by atoms with van der Waals surface area (Å²) in [6.07, 6.45) is 0. The average Bonchev–Trinajstić information content (AvgIpc) is 2.20. The average molecular weight is 233 g/mol. The van der Waals surface area contributed by atoms with Gasteiger partial charge < -0.3 is 5.32 Å². The van der Waals surface area contributed by atoms with Crippen molar-refractivity contribution in [3.05, 3.63) is 34.1 Å². The minimum Gasteiger partial charge on any atom is -0.323 e. The van der Waals surface area contributed by atoms with Crippen molar-refractivity contribution in [3.8, 4) is 0 Å². The summed E-state index contributed by atoms with van der Waals surface area (Å²) in [6.45, 7) is 0. The largest absolute Gasteiger partial charge is 0.323 e. The van der Waals surface area contributed by atoms with Gasteiger partial charge in [0, 0.05) is 6.07 Å². The summed E-state index contributed by atoms with van der Waals surface area (Å²) in [5, 5.41) is 12.4. The van der Waals surface area contributed by atoms with Crippen LogP contribution in [0, 0.1) is 15.9 Å². The molecule has 7 heteroatoms. The summed E-state index contributed by atoms with van der Waals surface area (Å²) in [5.41, 5.74) is -0.511. The van der Waals surface area contributed by atoms with E-state index < -0.39 is 16.6 Å². The third-order valence-electron chi connectivity index (χ3n) is 1.56. The summed E-state index contributed by atoms with van der Waals surface area (Å²) >= 11 is 5.19. The van der Waals surface area contributed by atoms with Crippen LogP contribution in [0.3, 0.4) is 0 Å². The molecule has 1 aromatic carbocycles. The smallest absolute Gasteiger partial charge is 0.272 e. The fraction of sp³-hybridized carbons (Fsp3) is 0.125. The summed E-state index contributed by atoms with van der Waals surface area (Å²) in [6, 6.07) is 2.93. The van der Waals surface area contributed by atoms with E-state index in [1.807, 2.05) is 0 Å². The Hall–Kier alpha value is -1.69. The van der Waals surface area contributed by atoms with Crippen LogP contribution in [0.4, 0.5) is 15.8 Å². The molecule has 15 heavy (non-hydrogen) atoms. The first-order valence-electron chi connectivity index (χ1n) is 3.84. The van der Waals surface area contributed by atoms with Crippen LogP contribution in [0.1, 0.15) is 0 Å². The number of anilines is 1. The van der Waals surface area contributed by atoms with Gasteiger partial charge in [-0.05, 0) is 6.07 Å². The molecule has 0 fully saturated rings. The van der Waals surface area contributed by atoms with Gasteiger partial charge in [0.25, 0.3) is 5.69 Å². The summed E-state index contributed by atoms with van der Waals surface area (Å²) in [5.74, 6) is -1.76. The number of rotatable bonds is 3. The highest BCUT2D eigenvalue weighted by atomic mass is 35.5. The molecule has 0 radical (unpaired) electrons. The molecule has 1 aromatic rings. The number of hydrogen-bond donors (Lipinski definition) is 1. The fourth-order valence-corrected chi connectivity index (χ4v) is 0.969. The second kappa shape index (κ2) is 4.70. The molecule has 0 unspecified atom stereocenters. The maximum Gasteiger partial charge on any atom is 0.272 e. The van der Waals surface area contributed by atoms with Crippen molar-refractivity contribution in [2.45, 2.75) is 0 Å². The van der Waals surface area contributed by atoms with Crippen molar-refractivity contribution >= 4 is 28.9 Å². The van der Waals surface area contributed by atoms with E-state index in [1.54, 1.807) is 0 Å². The number of nitrogens with zero attached hydrogens (tertiary/aromatic N) is 1. The molecule has 1 amide bonds. The van der Waals surface area contributed by atoms with E-state index in [4.69, 9.17) is 11.6 Å². The van der Waals surface area contributed by atoms with E-state index in [9.17, 15) is 19.3 Å². The Kier molecular flexibility index (Phi) is 3.56. The van der Waals surface area contributed by atoms with Gasteiger partial charge >= 0.3 is 0 Å². The van der Waals surface area contributed by atoms with Crippen LogP contribution < -0.4 is 5.32 Å². The van der Waals surface area contributed by atoms with Crippen LogP contribution in [0.15, 0.2) is 18.2 Å². The molecule has 0 saturated heterocycles. The number of carbonyl (C=O) groups is 1. The lowest BCUT2D eigenvalue weighted by atomic mass is 10.2. The van der Waals surface area contributed by atoms with E-state index in [-0.39, 0.29) is 17.3 Å². The monoisotopic (exact) mass is 232 g/mol. The van der Waals surface area contributed by atoms with Crippen molar-refractivity contribution < 1.29 is 14.1 Å². The molecule has 0 bridgehead atoms. The third-order valence-corrected chi connectivity index (χ3v) is 1.80. The summed E-state index contributed by atoms with van der Waals surface area (Å²) in [4.78, 5) is 20.4. The van der Waals surface area contributed by atoms with Gasteiger partial charge in [-0.25, -0.2) is 4.39 Å². The van der Waals surface area contributed by atoms with Gasteiger partial charge in [0.05, 0.1) is 16.7 Å². The second-order valence-electron chi connectivity index (χ2n) is 2.60. The van der Waals surface area contributed by atoms with Crippen LogP contribution >= 0.6 is 11.6 Å². The minimum absolute atomic E-state index is 0.133. The SMILES string of the molecule is O=C(CCl)Nc1ccc([N+](=O)[O-])cc1F. The fourth-order valence-electron chi connectivity index (χ4n) is 0.903. The van der Waals surface area contributed by atoms with Gasteiger partial charge in [-0.2, -0.15) is 0 Å². The molecule has 5 nitrogen and oxygen atoms in total. The zero-order chi connectivity index (χ0) is 11.4. The standard InChI is InChI=1S/C8H6ClFN2O3/c9-4-8(13)11-7-2-1-5(12(14)15)3-6(7)10/h1-3H,4H2,(H,11,13). The number of benzene rings is 1. The zero-order valence-corrected chi connectivity index (χ0v) is 8.12. The van der Waals surface area contributed by atoms with E-state index in [0.29, 0.717) is 0 Å².